The predicted molar refractivity (Wildman–Crippen MR) is 238 cm³/mol. The number of unbranched alkanes of at least 4 members (excludes halogenated alkanes) is 7. The van der Waals surface area contributed by atoms with E-state index in [0.717, 1.165) is 64.3 Å². The van der Waals surface area contributed by atoms with Crippen molar-refractivity contribution >= 4 is 0 Å². The van der Waals surface area contributed by atoms with Crippen molar-refractivity contribution in [2.45, 2.75) is 184 Å². The Morgan fingerprint density at radius 2 is 0.786 bits per heavy atom. The Hall–Kier alpha value is -3.48. The van der Waals surface area contributed by atoms with E-state index in [1.54, 1.807) is 0 Å². The highest BCUT2D eigenvalue weighted by Gasteiger charge is 2.11. The fourth-order valence-corrected chi connectivity index (χ4v) is 6.52. The number of pyridine rings is 4. The van der Waals surface area contributed by atoms with Gasteiger partial charge in [-0.15, -0.1) is 0 Å². The normalized spacial score (nSPS) is 11.4. The van der Waals surface area contributed by atoms with Gasteiger partial charge in [-0.1, -0.05) is 88.5 Å². The van der Waals surface area contributed by atoms with Gasteiger partial charge < -0.3 is 10.2 Å². The van der Waals surface area contributed by atoms with Gasteiger partial charge in [0.15, 0.2) is 56.1 Å². The highest BCUT2D eigenvalue weighted by molar-refractivity contribution is 5.12. The second-order valence-electron chi connectivity index (χ2n) is 14.9. The molecule has 0 bridgehead atoms. The van der Waals surface area contributed by atoms with Gasteiger partial charge in [0.2, 0.25) is 0 Å². The standard InChI is InChI=1S/C23H36N2O2.C23H36N2.4CH4/c1-3-22(26)9-4-5-10-23(27)19-25-17-13-21(14-18-25)8-6-7-20-11-15-24(2)16-12-20;1-3-4-5-6-7-8-9-17-25-20-15-23(16-21-25)12-10-11-22-13-18-24(2)19-14-22;;;;/h11-18,22-23,26-27H,3-10,19H2,1-2H3;13-16,18-21H,3-12,17H2,1-2H3;4*1H4/q2*+2;;;;. The molecule has 316 valence electrons. The first kappa shape index (κ1) is 54.6. The van der Waals surface area contributed by atoms with E-state index < -0.39 is 0 Å². The lowest BCUT2D eigenvalue weighted by atomic mass is 10.1. The van der Waals surface area contributed by atoms with Gasteiger partial charge in [0.05, 0.1) is 6.10 Å². The van der Waals surface area contributed by atoms with Crippen molar-refractivity contribution in [2.75, 3.05) is 0 Å². The van der Waals surface area contributed by atoms with E-state index in [4.69, 9.17) is 0 Å². The molecule has 4 rings (SSSR count). The second kappa shape index (κ2) is 33.6. The molecule has 0 saturated carbocycles. The van der Waals surface area contributed by atoms with Gasteiger partial charge in [-0.05, 0) is 86.5 Å². The van der Waals surface area contributed by atoms with E-state index in [-0.39, 0.29) is 41.9 Å². The minimum absolute atomic E-state index is 0. The van der Waals surface area contributed by atoms with Gasteiger partial charge in [-0.25, -0.2) is 18.3 Å². The van der Waals surface area contributed by atoms with Crippen LogP contribution >= 0.6 is 0 Å². The first-order valence-electron chi connectivity index (χ1n) is 20.5. The number of hydrogen-bond donors (Lipinski definition) is 2. The lowest BCUT2D eigenvalue weighted by Gasteiger charge is -2.09. The molecule has 0 amide bonds. The molecular weight excluding hydrogens is 689 g/mol. The molecule has 2 N–H and O–H groups in total. The summed E-state index contributed by atoms with van der Waals surface area (Å²) >= 11 is 0. The summed E-state index contributed by atoms with van der Waals surface area (Å²) in [6, 6.07) is 17.7. The van der Waals surface area contributed by atoms with Crippen LogP contribution in [0.25, 0.3) is 0 Å². The maximum absolute atomic E-state index is 10.2. The highest BCUT2D eigenvalue weighted by Crippen LogP contribution is 2.11. The summed E-state index contributed by atoms with van der Waals surface area (Å²) in [5, 5.41) is 19.8. The average Bonchev–Trinajstić information content (AvgIpc) is 3.16. The van der Waals surface area contributed by atoms with Crippen LogP contribution in [0.15, 0.2) is 98.1 Å². The van der Waals surface area contributed by atoms with Crippen LogP contribution in [-0.2, 0) is 52.9 Å². The summed E-state index contributed by atoms with van der Waals surface area (Å²) in [5.41, 5.74) is 5.62. The number of aryl methyl sites for hydroxylation is 7. The maximum atomic E-state index is 10.2. The monoisotopic (exact) mass is 777 g/mol. The molecule has 0 saturated heterocycles. The first-order chi connectivity index (χ1) is 25.3. The van der Waals surface area contributed by atoms with Crippen LogP contribution in [0, 0.1) is 0 Å². The fraction of sp³-hybridized carbons (Fsp3) is 0.600. The van der Waals surface area contributed by atoms with Crippen LogP contribution in [0.4, 0.5) is 0 Å². The minimum Gasteiger partial charge on any atom is -0.393 e. The van der Waals surface area contributed by atoms with Crippen molar-refractivity contribution in [2.24, 2.45) is 14.1 Å². The molecule has 4 aromatic heterocycles. The van der Waals surface area contributed by atoms with E-state index in [1.165, 1.54) is 80.0 Å². The second-order valence-corrected chi connectivity index (χ2v) is 14.9. The number of aliphatic hydroxyl groups excluding tert-OH is 2. The van der Waals surface area contributed by atoms with Gasteiger partial charge >= 0.3 is 0 Å². The van der Waals surface area contributed by atoms with Crippen molar-refractivity contribution in [3.8, 4) is 0 Å². The van der Waals surface area contributed by atoms with Crippen molar-refractivity contribution in [3.05, 3.63) is 120 Å². The van der Waals surface area contributed by atoms with E-state index in [9.17, 15) is 10.2 Å². The SMILES string of the molecule is C.C.C.C.CCC(O)CCCCC(O)C[n+]1ccc(CCCc2cc[n+](C)cc2)cc1.CCCCCCCCC[n+]1ccc(CCCc2cc[n+](C)cc2)cc1. The summed E-state index contributed by atoms with van der Waals surface area (Å²) in [6.07, 6.45) is 37.5. The predicted octanol–water partition coefficient (Wildman–Crippen LogP) is 9.94. The van der Waals surface area contributed by atoms with E-state index >= 15 is 0 Å². The van der Waals surface area contributed by atoms with Gasteiger partial charge in [-0.2, -0.15) is 0 Å². The molecule has 0 radical (unpaired) electrons. The molecule has 0 aliphatic carbocycles. The van der Waals surface area contributed by atoms with Crippen LogP contribution < -0.4 is 18.3 Å². The summed E-state index contributed by atoms with van der Waals surface area (Å²) in [4.78, 5) is 0. The molecule has 6 heteroatoms. The molecule has 2 atom stereocenters. The Bertz CT molecular complexity index is 1440. The van der Waals surface area contributed by atoms with E-state index in [2.05, 4.69) is 130 Å². The maximum Gasteiger partial charge on any atom is 0.174 e. The quantitative estimate of drug-likeness (QED) is 0.0550. The molecule has 2 unspecified atom stereocenters. The van der Waals surface area contributed by atoms with E-state index in [0.29, 0.717) is 6.54 Å². The largest absolute Gasteiger partial charge is 0.393 e. The molecule has 0 aliphatic heterocycles. The number of rotatable bonds is 24. The number of hydrogen-bond acceptors (Lipinski definition) is 2. The number of aromatic nitrogens is 4. The van der Waals surface area contributed by atoms with Crippen molar-refractivity contribution in [1.82, 2.24) is 0 Å². The molecule has 0 spiro atoms. The Balaban J connectivity index is 0. The highest BCUT2D eigenvalue weighted by atomic mass is 16.3. The summed E-state index contributed by atoms with van der Waals surface area (Å²) < 4.78 is 8.55. The van der Waals surface area contributed by atoms with Crippen molar-refractivity contribution in [1.29, 1.82) is 0 Å². The van der Waals surface area contributed by atoms with Gasteiger partial charge in [-0.3, -0.25) is 0 Å². The topological polar surface area (TPSA) is 56.0 Å². The van der Waals surface area contributed by atoms with Crippen LogP contribution in [0.3, 0.4) is 0 Å². The molecular formula is C50H88N4O2+4. The fourth-order valence-electron chi connectivity index (χ4n) is 6.52. The van der Waals surface area contributed by atoms with E-state index in [1.807, 2.05) is 14.0 Å². The summed E-state index contributed by atoms with van der Waals surface area (Å²) in [5.74, 6) is 0. The smallest absolute Gasteiger partial charge is 0.174 e. The Labute approximate surface area is 346 Å². The van der Waals surface area contributed by atoms with Crippen molar-refractivity contribution < 1.29 is 28.5 Å². The third kappa shape index (κ3) is 24.9. The Morgan fingerprint density at radius 1 is 0.429 bits per heavy atom. The zero-order chi connectivity index (χ0) is 37.2. The number of aliphatic hydroxyl groups is 2. The number of nitrogens with zero attached hydrogens (tertiary/aromatic N) is 4. The van der Waals surface area contributed by atoms with Crippen LogP contribution in [0.1, 0.15) is 156 Å². The molecule has 0 fully saturated rings. The summed E-state index contributed by atoms with van der Waals surface area (Å²) in [6.45, 7) is 6.08. The van der Waals surface area contributed by atoms with Gasteiger partial charge in [0.25, 0.3) is 0 Å². The average molecular weight is 777 g/mol. The molecule has 6 nitrogen and oxygen atoms in total. The lowest BCUT2D eigenvalue weighted by molar-refractivity contribution is -0.703. The molecule has 0 aromatic carbocycles. The lowest BCUT2D eigenvalue weighted by Crippen LogP contribution is -2.39. The van der Waals surface area contributed by atoms with Crippen LogP contribution in [0.5, 0.6) is 0 Å². The summed E-state index contributed by atoms with van der Waals surface area (Å²) in [7, 11) is 4.10. The Kier molecular flexibility index (Phi) is 32.8. The van der Waals surface area contributed by atoms with Crippen molar-refractivity contribution in [3.63, 3.8) is 0 Å². The zero-order valence-electron chi connectivity index (χ0n) is 33.2. The first-order valence-corrected chi connectivity index (χ1v) is 20.5. The van der Waals surface area contributed by atoms with Crippen LogP contribution in [-0.4, -0.2) is 22.4 Å². The third-order valence-electron chi connectivity index (χ3n) is 10.1. The molecule has 4 aromatic rings. The molecule has 4 heterocycles. The van der Waals surface area contributed by atoms with Gasteiger partial charge in [0.1, 0.15) is 26.7 Å². The molecule has 0 aliphatic rings. The minimum atomic E-state index is -0.320. The van der Waals surface area contributed by atoms with Gasteiger partial charge in [0, 0.05) is 55.0 Å². The Morgan fingerprint density at radius 3 is 1.20 bits per heavy atom. The van der Waals surface area contributed by atoms with Crippen LogP contribution in [0.2, 0.25) is 0 Å². The molecule has 56 heavy (non-hydrogen) atoms. The third-order valence-corrected chi connectivity index (χ3v) is 10.1. The zero-order valence-corrected chi connectivity index (χ0v) is 33.2.